The Bertz CT molecular complexity index is 1880. The zero-order valence-corrected chi connectivity index (χ0v) is 30.0. The maximum absolute atomic E-state index is 16.2. The molecule has 2 bridgehead atoms. The van der Waals surface area contributed by atoms with Gasteiger partial charge in [-0.2, -0.15) is 0 Å². The van der Waals surface area contributed by atoms with Gasteiger partial charge in [-0.05, 0) is 86.6 Å². The number of H-pyrrole nitrogens is 1. The molecule has 12 heteroatoms. The quantitative estimate of drug-likeness (QED) is 0.0683. The SMILES string of the molecule is O=C(O)N(C(c1ccccc1)c1c(F)ccc(OCCCCCCCCCNC[C@@H](O)c2ccc(O)c3[nH]c(=O)ccc23)c1F)[C@H]1CN2CCC1CC2. The second-order valence-electron chi connectivity index (χ2n) is 14.3. The van der Waals surface area contributed by atoms with Gasteiger partial charge >= 0.3 is 6.09 Å². The normalized spacial score (nSPS) is 19.3. The molecule has 0 saturated carbocycles. The van der Waals surface area contributed by atoms with Crippen molar-refractivity contribution in [1.82, 2.24) is 20.1 Å². The molecule has 5 N–H and O–H groups in total. The molecule has 0 aliphatic carbocycles. The van der Waals surface area contributed by atoms with Crippen LogP contribution in [0, 0.1) is 17.6 Å². The van der Waals surface area contributed by atoms with Crippen molar-refractivity contribution in [1.29, 1.82) is 0 Å². The Balaban J connectivity index is 0.943. The number of halogens is 2. The third-order valence-electron chi connectivity index (χ3n) is 10.8. The number of carboxylic acid groups (broad SMARTS) is 1. The van der Waals surface area contributed by atoms with Crippen LogP contribution < -0.4 is 15.6 Å². The number of aliphatic hydroxyl groups is 1. The smallest absolute Gasteiger partial charge is 0.408 e. The minimum atomic E-state index is -1.20. The zero-order valence-electron chi connectivity index (χ0n) is 30.0. The number of pyridine rings is 1. The highest BCUT2D eigenvalue weighted by Crippen LogP contribution is 2.41. The predicted molar refractivity (Wildman–Crippen MR) is 199 cm³/mol. The first kappa shape index (κ1) is 38.2. The van der Waals surface area contributed by atoms with Crippen molar-refractivity contribution in [3.05, 3.63) is 105 Å². The second-order valence-corrected chi connectivity index (χ2v) is 14.3. The molecule has 7 rings (SSSR count). The van der Waals surface area contributed by atoms with E-state index in [1.807, 2.05) is 0 Å². The number of hydrogen-bond acceptors (Lipinski definition) is 7. The van der Waals surface area contributed by atoms with Gasteiger partial charge in [0.05, 0.1) is 35.9 Å². The van der Waals surface area contributed by atoms with E-state index in [4.69, 9.17) is 4.74 Å². The number of nitrogens with zero attached hydrogens (tertiary/aromatic N) is 2. The molecule has 0 spiro atoms. The standard InChI is InChI=1S/C41H50F2N4O6/c42-31-15-17-35(38(43)37(31)40(28-11-7-6-8-12-28)47(41(51)52)32-26-46-22-19-27(32)20-23-46)53-24-10-5-3-1-2-4-9-21-44-25-34(49)29-13-16-33(48)39-30(29)14-18-36(50)45-39/h6-8,11-18,27,32,34,40,44,48-49H,1-5,9-10,19-26H2,(H,45,50)(H,51,52)/t32-,34+,40?/m0/s1. The monoisotopic (exact) mass is 732 g/mol. The van der Waals surface area contributed by atoms with Gasteiger partial charge in [0.15, 0.2) is 11.6 Å². The van der Waals surface area contributed by atoms with Crippen LogP contribution in [0.25, 0.3) is 10.9 Å². The number of ether oxygens (including phenoxy) is 1. The fraction of sp³-hybridized carbons (Fsp3) is 0.463. The molecular formula is C41H50F2N4O6. The van der Waals surface area contributed by atoms with Crippen LogP contribution in [0.15, 0.2) is 71.5 Å². The van der Waals surface area contributed by atoms with Crippen LogP contribution in [0.5, 0.6) is 11.5 Å². The predicted octanol–water partition coefficient (Wildman–Crippen LogP) is 7.11. The van der Waals surface area contributed by atoms with Gasteiger partial charge in [0.2, 0.25) is 5.56 Å². The lowest BCUT2D eigenvalue weighted by atomic mass is 9.81. The van der Waals surface area contributed by atoms with Gasteiger partial charge in [-0.3, -0.25) is 9.69 Å². The summed E-state index contributed by atoms with van der Waals surface area (Å²) in [6, 6.07) is 15.8. The van der Waals surface area contributed by atoms with Crippen molar-refractivity contribution in [2.24, 2.45) is 5.92 Å². The van der Waals surface area contributed by atoms with Gasteiger partial charge in [0, 0.05) is 24.5 Å². The van der Waals surface area contributed by atoms with Crippen LogP contribution in [0.4, 0.5) is 13.6 Å². The number of fused-ring (bicyclic) bond motifs is 4. The van der Waals surface area contributed by atoms with Gasteiger partial charge in [-0.25, -0.2) is 13.6 Å². The molecule has 3 fully saturated rings. The van der Waals surface area contributed by atoms with E-state index >= 15 is 8.78 Å². The summed E-state index contributed by atoms with van der Waals surface area (Å²) < 4.78 is 37.7. The molecule has 3 saturated heterocycles. The highest BCUT2D eigenvalue weighted by Gasteiger charge is 2.44. The van der Waals surface area contributed by atoms with Crippen molar-refractivity contribution in [2.45, 2.75) is 76.0 Å². The van der Waals surface area contributed by atoms with Crippen LogP contribution in [0.1, 0.15) is 86.6 Å². The maximum atomic E-state index is 16.2. The topological polar surface area (TPSA) is 138 Å². The fourth-order valence-electron chi connectivity index (χ4n) is 8.02. The lowest BCUT2D eigenvalue weighted by Crippen LogP contribution is -2.59. The number of aromatic amines is 1. The third-order valence-corrected chi connectivity index (χ3v) is 10.8. The lowest BCUT2D eigenvalue weighted by molar-refractivity contribution is -0.00174. The summed E-state index contributed by atoms with van der Waals surface area (Å²) in [6.07, 6.45) is 6.40. The van der Waals surface area contributed by atoms with E-state index in [0.29, 0.717) is 41.5 Å². The number of piperidine rings is 3. The van der Waals surface area contributed by atoms with E-state index in [-0.39, 0.29) is 41.2 Å². The number of benzene rings is 3. The molecule has 3 aliphatic heterocycles. The summed E-state index contributed by atoms with van der Waals surface area (Å²) in [7, 11) is 0. The van der Waals surface area contributed by atoms with Crippen LogP contribution >= 0.6 is 0 Å². The molecule has 3 aliphatic rings. The van der Waals surface area contributed by atoms with Gasteiger partial charge in [0.1, 0.15) is 11.6 Å². The number of rotatable bonds is 18. The van der Waals surface area contributed by atoms with E-state index in [9.17, 15) is 24.9 Å². The molecule has 3 aromatic carbocycles. The number of carbonyl (C=O) groups is 1. The molecule has 4 aromatic rings. The highest BCUT2D eigenvalue weighted by molar-refractivity contribution is 5.87. The molecule has 53 heavy (non-hydrogen) atoms. The molecule has 4 heterocycles. The van der Waals surface area contributed by atoms with Crippen molar-refractivity contribution < 1.29 is 33.6 Å². The minimum absolute atomic E-state index is 0.0391. The molecule has 10 nitrogen and oxygen atoms in total. The van der Waals surface area contributed by atoms with E-state index in [0.717, 1.165) is 71.0 Å². The Kier molecular flexibility index (Phi) is 13.0. The number of aromatic nitrogens is 1. The Morgan fingerprint density at radius 2 is 1.66 bits per heavy atom. The summed E-state index contributed by atoms with van der Waals surface area (Å²) in [6.45, 7) is 3.73. The Morgan fingerprint density at radius 1 is 0.943 bits per heavy atom. The van der Waals surface area contributed by atoms with Gasteiger partial charge in [-0.15, -0.1) is 0 Å². The molecule has 1 amide bonds. The first-order chi connectivity index (χ1) is 25.7. The van der Waals surface area contributed by atoms with E-state index in [2.05, 4.69) is 15.2 Å². The molecule has 0 radical (unpaired) electrons. The van der Waals surface area contributed by atoms with Gasteiger partial charge in [0.25, 0.3) is 0 Å². The number of phenolic OH excluding ortho intramolecular Hbond substituents is 1. The molecule has 1 aromatic heterocycles. The van der Waals surface area contributed by atoms with Crippen molar-refractivity contribution in [3.63, 3.8) is 0 Å². The molecular weight excluding hydrogens is 682 g/mol. The zero-order chi connectivity index (χ0) is 37.3. The van der Waals surface area contributed by atoms with Crippen LogP contribution in [0.2, 0.25) is 0 Å². The van der Waals surface area contributed by atoms with Crippen LogP contribution in [-0.2, 0) is 0 Å². The largest absolute Gasteiger partial charge is 0.506 e. The Morgan fingerprint density at radius 3 is 2.36 bits per heavy atom. The number of aliphatic hydroxyl groups excluding tert-OH is 1. The van der Waals surface area contributed by atoms with Crippen molar-refractivity contribution in [2.75, 3.05) is 39.3 Å². The molecule has 284 valence electrons. The maximum Gasteiger partial charge on any atom is 0.408 e. The molecule has 1 unspecified atom stereocenters. The van der Waals surface area contributed by atoms with Gasteiger partial charge < -0.3 is 35.3 Å². The lowest BCUT2D eigenvalue weighted by Gasteiger charge is -2.50. The van der Waals surface area contributed by atoms with Crippen molar-refractivity contribution >= 4 is 17.0 Å². The van der Waals surface area contributed by atoms with Gasteiger partial charge in [-0.1, -0.05) is 68.5 Å². The highest BCUT2D eigenvalue weighted by atomic mass is 19.1. The summed E-state index contributed by atoms with van der Waals surface area (Å²) in [5, 5.41) is 35.2. The summed E-state index contributed by atoms with van der Waals surface area (Å²) >= 11 is 0. The second kappa shape index (κ2) is 18.0. The number of aromatic hydroxyl groups is 1. The van der Waals surface area contributed by atoms with Crippen LogP contribution in [0.3, 0.4) is 0 Å². The molecule has 3 atom stereocenters. The Hall–Kier alpha value is -4.52. The summed E-state index contributed by atoms with van der Waals surface area (Å²) in [5.74, 6) is -1.64. The van der Waals surface area contributed by atoms with Crippen molar-refractivity contribution in [3.8, 4) is 11.5 Å². The number of phenols is 1. The Labute approximate surface area is 308 Å². The average Bonchev–Trinajstić information content (AvgIpc) is 3.16. The van der Waals surface area contributed by atoms with E-state index < -0.39 is 29.9 Å². The third kappa shape index (κ3) is 9.17. The first-order valence-corrected chi connectivity index (χ1v) is 18.9. The van der Waals surface area contributed by atoms with Crippen LogP contribution in [-0.4, -0.2) is 81.6 Å². The number of amides is 1. The number of nitrogens with one attached hydrogen (secondary N) is 2. The van der Waals surface area contributed by atoms with E-state index in [1.54, 1.807) is 42.5 Å². The first-order valence-electron chi connectivity index (χ1n) is 18.9. The number of hydrogen-bond donors (Lipinski definition) is 5. The fourth-order valence-corrected chi connectivity index (χ4v) is 8.02. The number of unbranched alkanes of at least 4 members (excludes halogenated alkanes) is 6. The summed E-state index contributed by atoms with van der Waals surface area (Å²) in [5.41, 5.74) is 0.835. The summed E-state index contributed by atoms with van der Waals surface area (Å²) in [4.78, 5) is 30.7. The average molecular weight is 733 g/mol. The minimum Gasteiger partial charge on any atom is -0.506 e. The van der Waals surface area contributed by atoms with E-state index in [1.165, 1.54) is 29.2 Å².